The molecule has 3 heteroatoms. The molecule has 1 unspecified atom stereocenters. The Bertz CT molecular complexity index is 638. The predicted octanol–water partition coefficient (Wildman–Crippen LogP) is 3.35. The number of benzene rings is 1. The number of fused-ring (bicyclic) bond motifs is 1. The summed E-state index contributed by atoms with van der Waals surface area (Å²) >= 11 is 0. The van der Waals surface area contributed by atoms with E-state index in [4.69, 9.17) is 0 Å². The standard InChI is InChI=1S/C19H28N2O/c1-14-8-10-20(11-9-14)12-17(22)13-21-16(3)15(2)18-6-4-5-7-19(18)21/h4-7,14,17,22H,8-13H2,1-3H3. The number of piperidine rings is 1. The monoisotopic (exact) mass is 300 g/mol. The van der Waals surface area contributed by atoms with Gasteiger partial charge in [-0.1, -0.05) is 25.1 Å². The molecule has 0 aliphatic carbocycles. The predicted molar refractivity (Wildman–Crippen MR) is 92.3 cm³/mol. The molecule has 1 atom stereocenters. The third-order valence-corrected chi connectivity index (χ3v) is 5.28. The van der Waals surface area contributed by atoms with Crippen LogP contribution in [0.1, 0.15) is 31.0 Å². The molecule has 0 bridgehead atoms. The zero-order chi connectivity index (χ0) is 15.7. The Morgan fingerprint density at radius 2 is 1.82 bits per heavy atom. The van der Waals surface area contributed by atoms with E-state index in [9.17, 15) is 5.11 Å². The van der Waals surface area contributed by atoms with Gasteiger partial charge >= 0.3 is 0 Å². The molecule has 1 N–H and O–H groups in total. The topological polar surface area (TPSA) is 28.4 Å². The minimum Gasteiger partial charge on any atom is -0.390 e. The summed E-state index contributed by atoms with van der Waals surface area (Å²) in [6.45, 7) is 10.4. The molecule has 22 heavy (non-hydrogen) atoms. The van der Waals surface area contributed by atoms with Gasteiger partial charge in [0.05, 0.1) is 12.6 Å². The Labute approximate surface area is 133 Å². The van der Waals surface area contributed by atoms with Crippen molar-refractivity contribution in [1.82, 2.24) is 9.47 Å². The fourth-order valence-corrected chi connectivity index (χ4v) is 3.65. The molecule has 1 fully saturated rings. The van der Waals surface area contributed by atoms with E-state index in [1.165, 1.54) is 35.0 Å². The van der Waals surface area contributed by atoms with E-state index in [0.717, 1.165) is 25.6 Å². The average molecular weight is 300 g/mol. The van der Waals surface area contributed by atoms with Crippen molar-refractivity contribution < 1.29 is 5.11 Å². The Kier molecular flexibility index (Phi) is 4.55. The second-order valence-electron chi connectivity index (χ2n) is 6.98. The fourth-order valence-electron chi connectivity index (χ4n) is 3.65. The number of likely N-dealkylation sites (tertiary alicyclic amines) is 1. The summed E-state index contributed by atoms with van der Waals surface area (Å²) in [7, 11) is 0. The summed E-state index contributed by atoms with van der Waals surface area (Å²) in [5, 5.41) is 11.9. The Morgan fingerprint density at radius 3 is 2.55 bits per heavy atom. The number of aryl methyl sites for hydroxylation is 1. The molecule has 1 saturated heterocycles. The summed E-state index contributed by atoms with van der Waals surface area (Å²) in [5.74, 6) is 0.840. The molecule has 1 aromatic carbocycles. The number of aromatic nitrogens is 1. The van der Waals surface area contributed by atoms with Crippen molar-refractivity contribution in [3.8, 4) is 0 Å². The highest BCUT2D eigenvalue weighted by atomic mass is 16.3. The SMILES string of the molecule is Cc1c(C)n(CC(O)CN2CCC(C)CC2)c2ccccc12. The van der Waals surface area contributed by atoms with E-state index in [-0.39, 0.29) is 6.10 Å². The second kappa shape index (κ2) is 6.43. The van der Waals surface area contributed by atoms with E-state index in [0.29, 0.717) is 6.54 Å². The van der Waals surface area contributed by atoms with Gasteiger partial charge in [-0.25, -0.2) is 0 Å². The molecule has 0 spiro atoms. The maximum Gasteiger partial charge on any atom is 0.0845 e. The van der Waals surface area contributed by atoms with Crippen LogP contribution in [-0.2, 0) is 6.54 Å². The number of nitrogens with zero attached hydrogens (tertiary/aromatic N) is 2. The zero-order valence-electron chi connectivity index (χ0n) is 14.0. The van der Waals surface area contributed by atoms with Crippen LogP contribution in [0.5, 0.6) is 0 Å². The summed E-state index contributed by atoms with van der Waals surface area (Å²) in [6, 6.07) is 8.50. The Balaban J connectivity index is 1.71. The first-order valence-corrected chi connectivity index (χ1v) is 8.51. The summed E-state index contributed by atoms with van der Waals surface area (Å²) < 4.78 is 2.28. The maximum atomic E-state index is 10.6. The van der Waals surface area contributed by atoms with Crippen molar-refractivity contribution in [2.75, 3.05) is 19.6 Å². The summed E-state index contributed by atoms with van der Waals surface area (Å²) in [5.41, 5.74) is 3.84. The van der Waals surface area contributed by atoms with Crippen LogP contribution in [0.4, 0.5) is 0 Å². The minimum atomic E-state index is -0.303. The lowest BCUT2D eigenvalue weighted by Crippen LogP contribution is -2.39. The first-order chi connectivity index (χ1) is 10.6. The lowest BCUT2D eigenvalue weighted by Gasteiger charge is -2.31. The van der Waals surface area contributed by atoms with Gasteiger partial charge in [0.15, 0.2) is 0 Å². The van der Waals surface area contributed by atoms with Gasteiger partial charge in [-0.15, -0.1) is 0 Å². The van der Waals surface area contributed by atoms with E-state index in [1.54, 1.807) is 0 Å². The van der Waals surface area contributed by atoms with Crippen LogP contribution in [0.15, 0.2) is 24.3 Å². The van der Waals surface area contributed by atoms with E-state index in [1.807, 2.05) is 0 Å². The van der Waals surface area contributed by atoms with Gasteiger partial charge in [-0.2, -0.15) is 0 Å². The molecule has 0 saturated carbocycles. The number of rotatable bonds is 4. The van der Waals surface area contributed by atoms with Crippen LogP contribution < -0.4 is 0 Å². The van der Waals surface area contributed by atoms with Crippen molar-refractivity contribution in [3.05, 3.63) is 35.5 Å². The van der Waals surface area contributed by atoms with Crippen LogP contribution in [0, 0.1) is 19.8 Å². The molecule has 1 aliphatic heterocycles. The fraction of sp³-hybridized carbons (Fsp3) is 0.579. The Hall–Kier alpha value is -1.32. The van der Waals surface area contributed by atoms with E-state index >= 15 is 0 Å². The lowest BCUT2D eigenvalue weighted by molar-refractivity contribution is 0.0806. The number of hydrogen-bond acceptors (Lipinski definition) is 2. The molecular formula is C19H28N2O. The van der Waals surface area contributed by atoms with Crippen molar-refractivity contribution in [1.29, 1.82) is 0 Å². The first kappa shape index (κ1) is 15.6. The summed E-state index contributed by atoms with van der Waals surface area (Å²) in [4.78, 5) is 2.42. The first-order valence-electron chi connectivity index (χ1n) is 8.51. The smallest absolute Gasteiger partial charge is 0.0845 e. The van der Waals surface area contributed by atoms with Gasteiger partial charge in [0.25, 0.3) is 0 Å². The molecule has 3 nitrogen and oxygen atoms in total. The highest BCUT2D eigenvalue weighted by Crippen LogP contribution is 2.25. The van der Waals surface area contributed by atoms with Crippen LogP contribution in [0.3, 0.4) is 0 Å². The van der Waals surface area contributed by atoms with Crippen molar-refractivity contribution in [2.45, 2.75) is 46.3 Å². The number of hydrogen-bond donors (Lipinski definition) is 1. The quantitative estimate of drug-likeness (QED) is 0.938. The molecule has 2 aromatic rings. The second-order valence-corrected chi connectivity index (χ2v) is 6.98. The van der Waals surface area contributed by atoms with Crippen molar-refractivity contribution in [2.24, 2.45) is 5.92 Å². The number of para-hydroxylation sites is 1. The normalized spacial score (nSPS) is 18.9. The molecule has 2 heterocycles. The number of aliphatic hydroxyl groups is 1. The van der Waals surface area contributed by atoms with Crippen LogP contribution in [0.25, 0.3) is 10.9 Å². The van der Waals surface area contributed by atoms with Gasteiger partial charge < -0.3 is 14.6 Å². The lowest BCUT2D eigenvalue weighted by atomic mass is 9.99. The molecule has 1 aliphatic rings. The number of β-amino-alcohol motifs (C(OH)–C–C–N with tert-alkyl or cyclic N) is 1. The van der Waals surface area contributed by atoms with Crippen LogP contribution in [0.2, 0.25) is 0 Å². The molecular weight excluding hydrogens is 272 g/mol. The molecule has 0 amide bonds. The van der Waals surface area contributed by atoms with Gasteiger partial charge in [0.1, 0.15) is 0 Å². The molecule has 1 aromatic heterocycles. The minimum absolute atomic E-state index is 0.303. The van der Waals surface area contributed by atoms with E-state index < -0.39 is 0 Å². The highest BCUT2D eigenvalue weighted by Gasteiger charge is 2.20. The third-order valence-electron chi connectivity index (χ3n) is 5.28. The van der Waals surface area contributed by atoms with Crippen LogP contribution in [-0.4, -0.2) is 40.3 Å². The van der Waals surface area contributed by atoms with Gasteiger partial charge in [0, 0.05) is 23.1 Å². The third kappa shape index (κ3) is 3.06. The largest absolute Gasteiger partial charge is 0.390 e. The van der Waals surface area contributed by atoms with Gasteiger partial charge in [-0.05, 0) is 57.3 Å². The molecule has 3 rings (SSSR count). The Morgan fingerprint density at radius 1 is 1.14 bits per heavy atom. The van der Waals surface area contributed by atoms with Gasteiger partial charge in [-0.3, -0.25) is 0 Å². The average Bonchev–Trinajstić information content (AvgIpc) is 2.75. The number of aliphatic hydroxyl groups excluding tert-OH is 1. The van der Waals surface area contributed by atoms with Crippen LogP contribution >= 0.6 is 0 Å². The summed E-state index contributed by atoms with van der Waals surface area (Å²) in [6.07, 6.45) is 2.22. The molecule has 120 valence electrons. The zero-order valence-corrected chi connectivity index (χ0v) is 14.0. The van der Waals surface area contributed by atoms with Gasteiger partial charge in [0.2, 0.25) is 0 Å². The van der Waals surface area contributed by atoms with Crippen molar-refractivity contribution in [3.63, 3.8) is 0 Å². The maximum absolute atomic E-state index is 10.6. The molecule has 0 radical (unpaired) electrons. The highest BCUT2D eigenvalue weighted by molar-refractivity contribution is 5.85. The van der Waals surface area contributed by atoms with E-state index in [2.05, 4.69) is 54.5 Å². The van der Waals surface area contributed by atoms with Crippen molar-refractivity contribution >= 4 is 10.9 Å².